The van der Waals surface area contributed by atoms with E-state index in [0.29, 0.717) is 11.1 Å². The first-order valence-corrected chi connectivity index (χ1v) is 11.4. The fourth-order valence-corrected chi connectivity index (χ4v) is 4.72. The monoisotopic (exact) mass is 414 g/mol. The second kappa shape index (κ2) is 10.2. The van der Waals surface area contributed by atoms with Gasteiger partial charge in [-0.3, -0.25) is 0 Å². The van der Waals surface area contributed by atoms with Crippen LogP contribution in [0.5, 0.6) is 5.75 Å². The summed E-state index contributed by atoms with van der Waals surface area (Å²) in [6, 6.07) is 14.8. The van der Waals surface area contributed by atoms with Gasteiger partial charge in [-0.25, -0.2) is 0 Å². The normalized spacial score (nSPS) is 18.6. The molecule has 28 heavy (non-hydrogen) atoms. The molecule has 1 unspecified atom stereocenters. The molecular weight excluding hydrogens is 388 g/mol. The molecule has 1 atom stereocenters. The van der Waals surface area contributed by atoms with Crippen LogP contribution >= 0.6 is 23.4 Å². The van der Waals surface area contributed by atoms with Gasteiger partial charge in [0.2, 0.25) is 0 Å². The molecule has 0 amide bonds. The van der Waals surface area contributed by atoms with E-state index < -0.39 is 0 Å². The maximum atomic E-state index is 9.18. The van der Waals surface area contributed by atoms with Crippen molar-refractivity contribution in [2.75, 3.05) is 26.5 Å². The Hall–Kier alpha value is -1.67. The van der Waals surface area contributed by atoms with Crippen molar-refractivity contribution >= 4 is 23.4 Å². The number of methoxy groups -OCH3 is 1. The fourth-order valence-electron chi connectivity index (χ4n) is 4.07. The third kappa shape index (κ3) is 5.23. The van der Waals surface area contributed by atoms with Crippen molar-refractivity contribution in [1.29, 1.82) is 5.26 Å². The van der Waals surface area contributed by atoms with E-state index in [1.54, 1.807) is 24.9 Å². The topological polar surface area (TPSA) is 36.3 Å². The Bertz CT molecular complexity index is 803. The average Bonchev–Trinajstić information content (AvgIpc) is 3.28. The van der Waals surface area contributed by atoms with Crippen molar-refractivity contribution in [2.45, 2.75) is 43.0 Å². The highest BCUT2D eigenvalue weighted by Crippen LogP contribution is 2.31. The first kappa shape index (κ1) is 21.0. The van der Waals surface area contributed by atoms with Crippen LogP contribution in [0.4, 0.5) is 0 Å². The Labute approximate surface area is 177 Å². The zero-order valence-electron chi connectivity index (χ0n) is 16.6. The predicted molar refractivity (Wildman–Crippen MR) is 118 cm³/mol. The predicted octanol–water partition coefficient (Wildman–Crippen LogP) is 5.58. The summed E-state index contributed by atoms with van der Waals surface area (Å²) in [7, 11) is 1.67. The second-order valence-corrected chi connectivity index (χ2v) is 8.54. The Morgan fingerprint density at radius 1 is 1.18 bits per heavy atom. The number of nitriles is 1. The molecule has 2 aromatic rings. The van der Waals surface area contributed by atoms with Gasteiger partial charge in [0, 0.05) is 16.0 Å². The summed E-state index contributed by atoms with van der Waals surface area (Å²) >= 11 is 7.84. The molecule has 0 aromatic heterocycles. The molecule has 0 saturated carbocycles. The lowest BCUT2D eigenvalue weighted by atomic mass is 9.85. The van der Waals surface area contributed by atoms with Crippen LogP contribution in [0.3, 0.4) is 0 Å². The van der Waals surface area contributed by atoms with Crippen LogP contribution in [0.25, 0.3) is 0 Å². The van der Waals surface area contributed by atoms with E-state index in [-0.39, 0.29) is 0 Å². The summed E-state index contributed by atoms with van der Waals surface area (Å²) in [5.74, 6) is 0.915. The quantitative estimate of drug-likeness (QED) is 0.614. The van der Waals surface area contributed by atoms with Gasteiger partial charge in [0.1, 0.15) is 5.75 Å². The minimum absolute atomic E-state index is 0.657. The number of thioether (sulfide) groups is 1. The van der Waals surface area contributed by atoms with Crippen molar-refractivity contribution in [2.24, 2.45) is 0 Å². The number of fused-ring (bicyclic) bond motifs is 1. The van der Waals surface area contributed by atoms with Crippen LogP contribution in [-0.4, -0.2) is 37.4 Å². The number of rotatable bonds is 3. The van der Waals surface area contributed by atoms with Crippen molar-refractivity contribution < 1.29 is 4.74 Å². The Kier molecular flexibility index (Phi) is 7.67. The van der Waals surface area contributed by atoms with E-state index in [2.05, 4.69) is 23.3 Å². The molecule has 1 aliphatic heterocycles. The van der Waals surface area contributed by atoms with Crippen molar-refractivity contribution in [3.8, 4) is 11.8 Å². The first-order chi connectivity index (χ1) is 13.6. The SMILES string of the molecule is COc1ccc(SC)cc1.N#Cc1cc(Cl)cc2c1CCC(N1CCCC1)C2. The number of nitrogens with zero attached hydrogens (tertiary/aromatic N) is 2. The van der Waals surface area contributed by atoms with Crippen molar-refractivity contribution in [3.05, 3.63) is 58.1 Å². The standard InChI is InChI=1S/C15H17ClN2.C8H10OS/c16-13-7-11-9-14(18-5-1-2-6-18)3-4-15(11)12(8-13)10-17;1-9-7-3-5-8(10-2)6-4-7/h7-8,14H,1-6,9H2;3-6H,1-2H3. The van der Waals surface area contributed by atoms with Crippen molar-refractivity contribution in [1.82, 2.24) is 4.90 Å². The van der Waals surface area contributed by atoms with Gasteiger partial charge in [-0.05, 0) is 99.0 Å². The second-order valence-electron chi connectivity index (χ2n) is 7.22. The molecule has 2 aliphatic rings. The van der Waals surface area contributed by atoms with E-state index in [1.807, 2.05) is 24.3 Å². The van der Waals surface area contributed by atoms with Crippen LogP contribution in [-0.2, 0) is 12.8 Å². The minimum Gasteiger partial charge on any atom is -0.497 e. The molecule has 3 nitrogen and oxygen atoms in total. The summed E-state index contributed by atoms with van der Waals surface area (Å²) in [6.07, 6.45) is 8.00. The van der Waals surface area contributed by atoms with Gasteiger partial charge in [-0.2, -0.15) is 5.26 Å². The molecule has 4 rings (SSSR count). The average molecular weight is 415 g/mol. The van der Waals surface area contributed by atoms with Crippen LogP contribution in [0.1, 0.15) is 36.0 Å². The van der Waals surface area contributed by atoms with Gasteiger partial charge in [-0.15, -0.1) is 11.8 Å². The lowest BCUT2D eigenvalue weighted by molar-refractivity contribution is 0.222. The van der Waals surface area contributed by atoms with Gasteiger partial charge >= 0.3 is 0 Å². The molecule has 2 aromatic carbocycles. The maximum Gasteiger partial charge on any atom is 0.118 e. The third-order valence-corrected chi connectivity index (χ3v) is 6.52. The fraction of sp³-hybridized carbons (Fsp3) is 0.435. The third-order valence-electron chi connectivity index (χ3n) is 5.56. The van der Waals surface area contributed by atoms with E-state index in [9.17, 15) is 5.26 Å². The summed E-state index contributed by atoms with van der Waals surface area (Å²) in [6.45, 7) is 2.48. The Morgan fingerprint density at radius 3 is 2.50 bits per heavy atom. The zero-order valence-corrected chi connectivity index (χ0v) is 18.2. The van der Waals surface area contributed by atoms with Crippen LogP contribution in [0, 0.1) is 11.3 Å². The van der Waals surface area contributed by atoms with Crippen LogP contribution in [0.2, 0.25) is 5.02 Å². The number of hydrogen-bond acceptors (Lipinski definition) is 4. The number of benzene rings is 2. The summed E-state index contributed by atoms with van der Waals surface area (Å²) in [4.78, 5) is 3.87. The molecule has 0 N–H and O–H groups in total. The van der Waals surface area contributed by atoms with Crippen molar-refractivity contribution in [3.63, 3.8) is 0 Å². The Morgan fingerprint density at radius 2 is 1.89 bits per heavy atom. The molecule has 148 valence electrons. The highest BCUT2D eigenvalue weighted by atomic mass is 35.5. The minimum atomic E-state index is 0.657. The summed E-state index contributed by atoms with van der Waals surface area (Å²) in [5, 5.41) is 9.88. The molecule has 0 radical (unpaired) electrons. The Balaban J connectivity index is 0.000000192. The number of halogens is 1. The molecule has 1 heterocycles. The lowest BCUT2D eigenvalue weighted by Crippen LogP contribution is -2.37. The smallest absolute Gasteiger partial charge is 0.118 e. The van der Waals surface area contributed by atoms with Gasteiger partial charge in [0.15, 0.2) is 0 Å². The maximum absolute atomic E-state index is 9.18. The van der Waals surface area contributed by atoms with E-state index in [0.717, 1.165) is 24.2 Å². The molecule has 0 spiro atoms. The summed E-state index contributed by atoms with van der Waals surface area (Å²) < 4.78 is 5.00. The lowest BCUT2D eigenvalue weighted by Gasteiger charge is -2.32. The highest BCUT2D eigenvalue weighted by Gasteiger charge is 2.27. The highest BCUT2D eigenvalue weighted by molar-refractivity contribution is 7.98. The molecular formula is C23H27ClN2OS. The molecule has 1 fully saturated rings. The largest absolute Gasteiger partial charge is 0.497 e. The van der Waals surface area contributed by atoms with Gasteiger partial charge < -0.3 is 9.64 Å². The number of hydrogen-bond donors (Lipinski definition) is 0. The molecule has 1 aliphatic carbocycles. The first-order valence-electron chi connectivity index (χ1n) is 9.78. The molecule has 1 saturated heterocycles. The van der Waals surface area contributed by atoms with Gasteiger partial charge in [0.05, 0.1) is 18.7 Å². The van der Waals surface area contributed by atoms with Gasteiger partial charge in [-0.1, -0.05) is 11.6 Å². The molecule has 0 bridgehead atoms. The summed E-state index contributed by atoms with van der Waals surface area (Å²) in [5.41, 5.74) is 3.30. The van der Waals surface area contributed by atoms with Crippen LogP contribution < -0.4 is 4.74 Å². The number of ether oxygens (including phenoxy) is 1. The zero-order chi connectivity index (χ0) is 19.9. The van der Waals surface area contributed by atoms with E-state index >= 15 is 0 Å². The van der Waals surface area contributed by atoms with Crippen LogP contribution in [0.15, 0.2) is 41.3 Å². The van der Waals surface area contributed by atoms with Gasteiger partial charge in [0.25, 0.3) is 0 Å². The molecule has 5 heteroatoms. The number of likely N-dealkylation sites (tertiary alicyclic amines) is 1. The van der Waals surface area contributed by atoms with E-state index in [1.165, 1.54) is 48.4 Å². The van der Waals surface area contributed by atoms with E-state index in [4.69, 9.17) is 16.3 Å².